The molecule has 0 nitrogen and oxygen atoms in total. The van der Waals surface area contributed by atoms with Crippen LogP contribution in [-0.2, 0) is 31.3 Å². The van der Waals surface area contributed by atoms with Gasteiger partial charge in [0.2, 0.25) is 0 Å². The van der Waals surface area contributed by atoms with Gasteiger partial charge in [-0.1, -0.05) is 69.2 Å². The third-order valence-corrected chi connectivity index (χ3v) is 5.62. The van der Waals surface area contributed by atoms with Crippen LogP contribution in [0.1, 0.15) is 69.2 Å². The quantitative estimate of drug-likeness (QED) is 0.230. The number of rotatable bonds is 0. The molecule has 0 atom stereocenters. The molecule has 2 aliphatic rings. The normalized spacial score (nSPS) is 23.6. The fraction of sp³-hybridized carbons (Fsp3) is 0.500. The van der Waals surface area contributed by atoms with Crippen LogP contribution in [0.25, 0.3) is 0 Å². The molecular formula is C20H30Cl4Ir2+2. The van der Waals surface area contributed by atoms with Crippen molar-refractivity contribution in [2.45, 2.75) is 69.2 Å². The Morgan fingerprint density at radius 3 is 0.385 bits per heavy atom. The van der Waals surface area contributed by atoms with Gasteiger partial charge in [-0.25, -0.2) is 0 Å². The van der Waals surface area contributed by atoms with Gasteiger partial charge in [-0.05, 0) is 59.2 Å². The zero-order chi connectivity index (χ0) is 21.2. The third-order valence-electron chi connectivity index (χ3n) is 5.62. The summed E-state index contributed by atoms with van der Waals surface area (Å²) >= 11 is -1.11. The van der Waals surface area contributed by atoms with Gasteiger partial charge in [0.1, 0.15) is 0 Å². The van der Waals surface area contributed by atoms with E-state index in [1.165, 1.54) is 59.2 Å². The molecule has 2 aliphatic carbocycles. The second-order valence-corrected chi connectivity index (χ2v) is 13.3. The number of halogens is 4. The molecule has 0 saturated heterocycles. The van der Waals surface area contributed by atoms with Crippen LogP contribution in [-0.4, -0.2) is 0 Å². The zero-order valence-corrected chi connectivity index (χ0v) is 25.0. The molecule has 0 unspecified atom stereocenters. The van der Waals surface area contributed by atoms with Gasteiger partial charge in [-0.2, -0.15) is 0 Å². The Bertz CT molecular complexity index is 224. The van der Waals surface area contributed by atoms with Gasteiger partial charge < -0.3 is 0 Å². The summed E-state index contributed by atoms with van der Waals surface area (Å²) in [5.41, 5.74) is 0. The molecule has 2 rings (SSSR count). The molecule has 0 aliphatic heterocycles. The molecule has 6 heteroatoms. The van der Waals surface area contributed by atoms with Crippen molar-refractivity contribution in [2.24, 2.45) is 0 Å². The molecular weight excluding hydrogens is 766 g/mol. The van der Waals surface area contributed by atoms with Gasteiger partial charge >= 0.3 is 69.7 Å². The predicted molar refractivity (Wildman–Crippen MR) is 113 cm³/mol. The summed E-state index contributed by atoms with van der Waals surface area (Å²) in [4.78, 5) is 0. The Labute approximate surface area is 196 Å². The molecule has 2 fully saturated rings. The molecule has 0 aromatic rings. The van der Waals surface area contributed by atoms with Crippen molar-refractivity contribution in [1.82, 2.24) is 0 Å². The summed E-state index contributed by atoms with van der Waals surface area (Å²) in [5, 5.41) is 0. The topological polar surface area (TPSA) is 0 Å². The summed E-state index contributed by atoms with van der Waals surface area (Å²) in [7, 11) is 19.6. The van der Waals surface area contributed by atoms with Crippen molar-refractivity contribution in [1.29, 1.82) is 0 Å². The third kappa shape index (κ3) is 9.51. The Kier molecular flexibility index (Phi) is 19.1. The van der Waals surface area contributed by atoms with E-state index in [2.05, 4.69) is 69.2 Å². The van der Waals surface area contributed by atoms with E-state index in [0.717, 1.165) is 0 Å². The summed E-state index contributed by atoms with van der Waals surface area (Å²) in [5.74, 6) is 14.7. The summed E-state index contributed by atoms with van der Waals surface area (Å²) < 4.78 is 0. The molecule has 0 bridgehead atoms. The minimum absolute atomic E-state index is 0.556. The molecule has 0 heterocycles. The van der Waals surface area contributed by atoms with Crippen LogP contribution in [0.5, 0.6) is 0 Å². The Morgan fingerprint density at radius 2 is 0.346 bits per heavy atom. The SMILES string of the molecule is C[C]1[C](C)[C](C)[C](C)[C]1C.C[C]1[C](C)[C](C)[C](C)[C]1C.[Cl][Ir+][Cl].[Cl][Ir+][Cl]. The van der Waals surface area contributed by atoms with E-state index in [0.29, 0.717) is 0 Å². The van der Waals surface area contributed by atoms with Crippen molar-refractivity contribution < 1.29 is 31.3 Å². The van der Waals surface area contributed by atoms with Crippen molar-refractivity contribution in [3.05, 3.63) is 59.2 Å². The number of hydrogen-bond acceptors (Lipinski definition) is 0. The van der Waals surface area contributed by atoms with E-state index >= 15 is 0 Å². The van der Waals surface area contributed by atoms with Crippen molar-refractivity contribution in [3.8, 4) is 0 Å². The zero-order valence-electron chi connectivity index (χ0n) is 17.2. The monoisotopic (exact) mass is 796 g/mol. The molecule has 10 radical (unpaired) electrons. The Balaban J connectivity index is 0. The van der Waals surface area contributed by atoms with Crippen LogP contribution in [0.3, 0.4) is 0 Å². The van der Waals surface area contributed by atoms with E-state index < -0.39 is 31.3 Å². The fourth-order valence-electron chi connectivity index (χ4n) is 2.81. The summed E-state index contributed by atoms with van der Waals surface area (Å²) in [6, 6.07) is 0. The van der Waals surface area contributed by atoms with Crippen LogP contribution < -0.4 is 0 Å². The van der Waals surface area contributed by atoms with Gasteiger partial charge in [-0.3, -0.25) is 0 Å². The minimum atomic E-state index is -0.556. The van der Waals surface area contributed by atoms with E-state index in [4.69, 9.17) is 38.3 Å². The fourth-order valence-corrected chi connectivity index (χ4v) is 2.81. The van der Waals surface area contributed by atoms with Crippen LogP contribution in [0.4, 0.5) is 0 Å². The Morgan fingerprint density at radius 1 is 0.308 bits per heavy atom. The van der Waals surface area contributed by atoms with Crippen molar-refractivity contribution >= 4 is 38.3 Å². The van der Waals surface area contributed by atoms with Gasteiger partial charge in [0.25, 0.3) is 0 Å². The molecule has 2 saturated carbocycles. The predicted octanol–water partition coefficient (Wildman–Crippen LogP) is 8.70. The molecule has 0 aromatic carbocycles. The first-order chi connectivity index (χ1) is 11.9. The first-order valence-corrected chi connectivity index (χ1v) is 19.9. The van der Waals surface area contributed by atoms with Gasteiger partial charge in [0.05, 0.1) is 0 Å². The molecule has 0 amide bonds. The van der Waals surface area contributed by atoms with Crippen LogP contribution in [0.2, 0.25) is 0 Å². The average Bonchev–Trinajstić information content (AvgIpc) is 2.87. The van der Waals surface area contributed by atoms with E-state index in [1.807, 2.05) is 0 Å². The first-order valence-electron chi connectivity index (χ1n) is 8.00. The molecule has 0 aromatic heterocycles. The maximum absolute atomic E-state index is 4.89. The first kappa shape index (κ1) is 30.7. The van der Waals surface area contributed by atoms with Crippen LogP contribution in [0.15, 0.2) is 0 Å². The van der Waals surface area contributed by atoms with Gasteiger partial charge in [-0.15, -0.1) is 0 Å². The van der Waals surface area contributed by atoms with E-state index in [1.54, 1.807) is 0 Å². The number of hydrogen-bond donors (Lipinski definition) is 0. The second-order valence-electron chi connectivity index (χ2n) is 6.35. The molecule has 0 spiro atoms. The van der Waals surface area contributed by atoms with Gasteiger partial charge in [0, 0.05) is 0 Å². The standard InChI is InChI=1S/2C10H15.4ClH.2Ir/c2*1-6-7(2)9(4)10(5)8(6)3;;;;;;/h2*1-5H3;4*1H;;/q;;;;;;2*+3/p-4. The van der Waals surface area contributed by atoms with Crippen molar-refractivity contribution in [3.63, 3.8) is 0 Å². The average molecular weight is 797 g/mol. The molecule has 0 N–H and O–H groups in total. The molecule has 26 heavy (non-hydrogen) atoms. The van der Waals surface area contributed by atoms with Crippen molar-refractivity contribution in [2.75, 3.05) is 0 Å². The summed E-state index contributed by atoms with van der Waals surface area (Å²) in [6.07, 6.45) is 0. The Hall–Kier alpha value is 2.46. The van der Waals surface area contributed by atoms with E-state index in [9.17, 15) is 0 Å². The van der Waals surface area contributed by atoms with Gasteiger partial charge in [0.15, 0.2) is 0 Å². The summed E-state index contributed by atoms with van der Waals surface area (Å²) in [6.45, 7) is 22.0. The van der Waals surface area contributed by atoms with E-state index in [-0.39, 0.29) is 0 Å². The van der Waals surface area contributed by atoms with Crippen LogP contribution >= 0.6 is 38.3 Å². The second kappa shape index (κ2) is 16.2. The molecule has 154 valence electrons. The maximum atomic E-state index is 4.89. The van der Waals surface area contributed by atoms with Crippen LogP contribution in [0, 0.1) is 59.2 Å².